The van der Waals surface area contributed by atoms with Crippen LogP contribution >= 0.6 is 0 Å². The fourth-order valence-corrected chi connectivity index (χ4v) is 4.00. The molecule has 0 aliphatic carbocycles. The zero-order valence-electron chi connectivity index (χ0n) is 21.4. The van der Waals surface area contributed by atoms with Crippen molar-refractivity contribution in [1.82, 2.24) is 0 Å². The van der Waals surface area contributed by atoms with Crippen LogP contribution in [0.15, 0.2) is 0 Å². The summed E-state index contributed by atoms with van der Waals surface area (Å²) in [5.74, 6) is 3.62. The Bertz CT molecular complexity index is 653. The minimum absolute atomic E-state index is 0.00942. The molecule has 9 heteroatoms. The molecule has 1 fully saturated rings. The third kappa shape index (κ3) is 7.08. The van der Waals surface area contributed by atoms with Crippen molar-refractivity contribution in [1.29, 1.82) is 0 Å². The number of aldehydes is 1. The molecular weight excluding hydrogens is 432 g/mol. The van der Waals surface area contributed by atoms with Crippen molar-refractivity contribution < 1.29 is 37.6 Å². The van der Waals surface area contributed by atoms with Crippen LogP contribution in [0, 0.1) is 11.8 Å². The molecule has 0 aromatic rings. The molecule has 32 heavy (non-hydrogen) atoms. The van der Waals surface area contributed by atoms with E-state index in [0.717, 1.165) is 6.42 Å². The molecule has 1 rings (SSSR count). The molecule has 0 bridgehead atoms. The van der Waals surface area contributed by atoms with Gasteiger partial charge >= 0.3 is 0 Å². The molecule has 8 nitrogen and oxygen atoms in total. The largest absolute Gasteiger partial charge is 0.417 e. The topological polar surface area (TPSA) is 81.7 Å². The van der Waals surface area contributed by atoms with Gasteiger partial charge in [-0.15, -0.1) is 5.92 Å². The first kappa shape index (κ1) is 29.2. The summed E-state index contributed by atoms with van der Waals surface area (Å²) in [6.07, 6.45) is -0.462. The van der Waals surface area contributed by atoms with Crippen LogP contribution in [0.2, 0.25) is 18.1 Å². The van der Waals surface area contributed by atoms with E-state index in [2.05, 4.69) is 45.7 Å². The monoisotopic (exact) mass is 474 g/mol. The van der Waals surface area contributed by atoms with Crippen LogP contribution in [-0.4, -0.2) is 79.2 Å². The maximum absolute atomic E-state index is 11.8. The summed E-state index contributed by atoms with van der Waals surface area (Å²) in [7, 11) is 2.69. The Hall–Kier alpha value is -0.833. The molecular formula is C23H42O8Si. The van der Waals surface area contributed by atoms with E-state index in [4.69, 9.17) is 32.8 Å². The standard InChI is InChI=1S/C23H42O8Si/c1-21(2,3)32(9,10)29-15-13-11-12-14-18(28-17-25-6)20-19(16-24)30-22(4,26-7)23(5,27-8)31-20/h16,18-20H,11,13,15,17H2,1-10H3/t18-,19-,20+,22-,23-/m1/s1. The van der Waals surface area contributed by atoms with E-state index in [1.807, 2.05) is 0 Å². The van der Waals surface area contributed by atoms with Gasteiger partial charge in [-0.05, 0) is 38.4 Å². The van der Waals surface area contributed by atoms with Crippen molar-refractivity contribution in [3.8, 4) is 11.8 Å². The van der Waals surface area contributed by atoms with Gasteiger partial charge in [-0.1, -0.05) is 26.7 Å². The number of hydrogen-bond acceptors (Lipinski definition) is 8. The highest BCUT2D eigenvalue weighted by Gasteiger charge is 2.58. The number of carbonyl (C=O) groups excluding carboxylic acids is 1. The van der Waals surface area contributed by atoms with E-state index in [0.29, 0.717) is 19.3 Å². The van der Waals surface area contributed by atoms with Crippen LogP contribution in [-0.2, 0) is 37.6 Å². The summed E-state index contributed by atoms with van der Waals surface area (Å²) in [5, 5.41) is 0.171. The van der Waals surface area contributed by atoms with Crippen LogP contribution in [0.25, 0.3) is 0 Å². The van der Waals surface area contributed by atoms with Gasteiger partial charge in [0.25, 0.3) is 0 Å². The predicted octanol–water partition coefficient (Wildman–Crippen LogP) is 3.49. The van der Waals surface area contributed by atoms with E-state index in [-0.39, 0.29) is 11.8 Å². The number of ether oxygens (including phenoxy) is 6. The second-order valence-electron chi connectivity index (χ2n) is 9.63. The van der Waals surface area contributed by atoms with Gasteiger partial charge in [0.15, 0.2) is 14.6 Å². The average Bonchev–Trinajstić information content (AvgIpc) is 2.73. The minimum Gasteiger partial charge on any atom is -0.417 e. The third-order valence-electron chi connectivity index (χ3n) is 6.41. The van der Waals surface area contributed by atoms with E-state index in [1.54, 1.807) is 13.8 Å². The summed E-state index contributed by atoms with van der Waals surface area (Å²) in [5.41, 5.74) is 0. The second kappa shape index (κ2) is 12.0. The van der Waals surface area contributed by atoms with E-state index >= 15 is 0 Å². The normalized spacial score (nSPS) is 29.8. The lowest BCUT2D eigenvalue weighted by Gasteiger charge is -2.51. The Morgan fingerprint density at radius 1 is 1.09 bits per heavy atom. The fourth-order valence-electron chi connectivity index (χ4n) is 2.91. The molecule has 0 unspecified atom stereocenters. The number of methoxy groups -OCH3 is 3. The lowest BCUT2D eigenvalue weighted by molar-refractivity contribution is -0.446. The third-order valence-corrected chi connectivity index (χ3v) is 10.9. The fraction of sp³-hybridized carbons (Fsp3) is 0.870. The van der Waals surface area contributed by atoms with Gasteiger partial charge in [0, 0.05) is 34.4 Å². The van der Waals surface area contributed by atoms with Crippen molar-refractivity contribution in [2.45, 2.75) is 95.5 Å². The molecule has 5 atom stereocenters. The Balaban J connectivity index is 2.89. The summed E-state index contributed by atoms with van der Waals surface area (Å²) in [4.78, 5) is 11.8. The lowest BCUT2D eigenvalue weighted by Crippen LogP contribution is -2.67. The lowest BCUT2D eigenvalue weighted by atomic mass is 10.0. The molecule has 1 saturated heterocycles. The van der Waals surface area contributed by atoms with Crippen LogP contribution in [0.4, 0.5) is 0 Å². The molecule has 0 radical (unpaired) electrons. The number of carbonyl (C=O) groups is 1. The van der Waals surface area contributed by atoms with Gasteiger partial charge in [-0.2, -0.15) is 0 Å². The van der Waals surface area contributed by atoms with Gasteiger partial charge < -0.3 is 37.6 Å². The highest BCUT2D eigenvalue weighted by Crippen LogP contribution is 2.40. The molecule has 0 saturated carbocycles. The molecule has 0 N–H and O–H groups in total. The smallest absolute Gasteiger partial charge is 0.220 e. The molecule has 186 valence electrons. The van der Waals surface area contributed by atoms with Crippen LogP contribution in [0.3, 0.4) is 0 Å². The van der Waals surface area contributed by atoms with Crippen molar-refractivity contribution in [2.24, 2.45) is 0 Å². The van der Waals surface area contributed by atoms with Gasteiger partial charge in [0.2, 0.25) is 11.6 Å². The number of unbranched alkanes of at least 4 members (excludes halogenated alkanes) is 1. The number of rotatable bonds is 11. The summed E-state index contributed by atoms with van der Waals surface area (Å²) in [6, 6.07) is 0. The predicted molar refractivity (Wildman–Crippen MR) is 124 cm³/mol. The first-order valence-electron chi connectivity index (χ1n) is 10.9. The first-order valence-corrected chi connectivity index (χ1v) is 13.9. The zero-order valence-corrected chi connectivity index (χ0v) is 22.4. The summed E-state index contributed by atoms with van der Waals surface area (Å²) in [6.45, 7) is 15.1. The SMILES string of the molecule is COCO[C@H](C#CCCCO[Si](C)(C)C(C)(C)C)[C@@H]1O[C@@](C)(OC)[C@](C)(OC)O[C@@H]1C=O. The Labute approximate surface area is 194 Å². The first-order chi connectivity index (χ1) is 14.8. The van der Waals surface area contributed by atoms with E-state index < -0.39 is 38.2 Å². The maximum Gasteiger partial charge on any atom is 0.220 e. The van der Waals surface area contributed by atoms with Crippen molar-refractivity contribution in [3.63, 3.8) is 0 Å². The summed E-state index contributed by atoms with van der Waals surface area (Å²) < 4.78 is 40.0. The van der Waals surface area contributed by atoms with Crippen molar-refractivity contribution in [2.75, 3.05) is 34.7 Å². The van der Waals surface area contributed by atoms with Gasteiger partial charge in [0.1, 0.15) is 25.1 Å². The molecule has 1 aliphatic heterocycles. The van der Waals surface area contributed by atoms with Crippen molar-refractivity contribution in [3.05, 3.63) is 0 Å². The van der Waals surface area contributed by atoms with Gasteiger partial charge in [0.05, 0.1) is 0 Å². The van der Waals surface area contributed by atoms with Gasteiger partial charge in [-0.25, -0.2) is 0 Å². The second-order valence-corrected chi connectivity index (χ2v) is 14.4. The Morgan fingerprint density at radius 3 is 2.19 bits per heavy atom. The highest BCUT2D eigenvalue weighted by molar-refractivity contribution is 6.74. The quantitative estimate of drug-likeness (QED) is 0.148. The van der Waals surface area contributed by atoms with E-state index in [1.165, 1.54) is 21.3 Å². The summed E-state index contributed by atoms with van der Waals surface area (Å²) >= 11 is 0. The van der Waals surface area contributed by atoms with Crippen LogP contribution in [0.1, 0.15) is 47.5 Å². The molecule has 0 amide bonds. The molecule has 1 aliphatic rings. The van der Waals surface area contributed by atoms with Crippen LogP contribution < -0.4 is 0 Å². The average molecular weight is 475 g/mol. The Kier molecular flexibility index (Phi) is 11.0. The zero-order chi connectivity index (χ0) is 24.6. The maximum atomic E-state index is 11.8. The number of hydrogen-bond donors (Lipinski definition) is 0. The molecule has 0 aromatic heterocycles. The minimum atomic E-state index is -1.77. The van der Waals surface area contributed by atoms with Crippen molar-refractivity contribution >= 4 is 14.6 Å². The van der Waals surface area contributed by atoms with Gasteiger partial charge in [-0.3, -0.25) is 0 Å². The Morgan fingerprint density at radius 2 is 1.69 bits per heavy atom. The van der Waals surface area contributed by atoms with Crippen LogP contribution in [0.5, 0.6) is 0 Å². The molecule has 0 aromatic carbocycles. The molecule has 0 spiro atoms. The highest BCUT2D eigenvalue weighted by atomic mass is 28.4. The molecule has 1 heterocycles. The van der Waals surface area contributed by atoms with E-state index in [9.17, 15) is 4.79 Å².